The highest BCUT2D eigenvalue weighted by Gasteiger charge is 2.27. The maximum atomic E-state index is 12.2. The number of carbonyl (C=O) groups is 1. The first kappa shape index (κ1) is 20.6. The van der Waals surface area contributed by atoms with Crippen molar-refractivity contribution in [2.24, 2.45) is 0 Å². The van der Waals surface area contributed by atoms with Crippen molar-refractivity contribution in [2.75, 3.05) is 56.0 Å². The molecule has 0 aromatic carbocycles. The molecule has 0 bridgehead atoms. The minimum absolute atomic E-state index is 0.221. The number of aromatic nitrogens is 2. The van der Waals surface area contributed by atoms with Gasteiger partial charge in [0.15, 0.2) is 0 Å². The maximum Gasteiger partial charge on any atom is 0.410 e. The second kappa shape index (κ2) is 8.94. The highest BCUT2D eigenvalue weighted by atomic mass is 16.6. The van der Waals surface area contributed by atoms with Crippen LogP contribution in [0.15, 0.2) is 12.4 Å². The number of anilines is 2. The molecule has 156 valence electrons. The number of likely N-dealkylation sites (tertiary alicyclic amines) is 1. The molecule has 28 heavy (non-hydrogen) atoms. The van der Waals surface area contributed by atoms with E-state index in [1.54, 1.807) is 11.2 Å². The standard InChI is InChI=1S/C20H34N6O2/c1-5-24-10-12-25(13-11-24)18-14-17(21-15-22-18)23-16-6-8-26(9-7-16)19(27)28-20(2,3)4/h14-16H,5-13H2,1-4H3,(H,21,22,23). The number of piperidine rings is 1. The fraction of sp³-hybridized carbons (Fsp3) is 0.750. The summed E-state index contributed by atoms with van der Waals surface area (Å²) in [7, 11) is 0. The van der Waals surface area contributed by atoms with Crippen molar-refractivity contribution in [3.05, 3.63) is 12.4 Å². The molecule has 2 fully saturated rings. The van der Waals surface area contributed by atoms with Crippen LogP contribution >= 0.6 is 0 Å². The number of ether oxygens (including phenoxy) is 1. The van der Waals surface area contributed by atoms with Gasteiger partial charge in [-0.25, -0.2) is 14.8 Å². The minimum atomic E-state index is -0.452. The van der Waals surface area contributed by atoms with Crippen LogP contribution in [0.25, 0.3) is 0 Å². The topological polar surface area (TPSA) is 73.8 Å². The van der Waals surface area contributed by atoms with Gasteiger partial charge in [0.1, 0.15) is 23.6 Å². The third-order valence-corrected chi connectivity index (χ3v) is 5.29. The van der Waals surface area contributed by atoms with Crippen molar-refractivity contribution >= 4 is 17.7 Å². The summed E-state index contributed by atoms with van der Waals surface area (Å²) in [4.78, 5) is 27.6. The zero-order valence-corrected chi connectivity index (χ0v) is 17.6. The Morgan fingerprint density at radius 2 is 1.82 bits per heavy atom. The molecule has 1 aromatic rings. The summed E-state index contributed by atoms with van der Waals surface area (Å²) in [5, 5.41) is 3.52. The summed E-state index contributed by atoms with van der Waals surface area (Å²) in [5.41, 5.74) is -0.452. The Bertz CT molecular complexity index is 646. The molecule has 0 unspecified atom stereocenters. The van der Waals surface area contributed by atoms with E-state index in [0.717, 1.165) is 57.2 Å². The molecule has 1 N–H and O–H groups in total. The summed E-state index contributed by atoms with van der Waals surface area (Å²) in [6, 6.07) is 2.35. The highest BCUT2D eigenvalue weighted by molar-refractivity contribution is 5.68. The molecule has 3 heterocycles. The third kappa shape index (κ3) is 5.70. The fourth-order valence-electron chi connectivity index (χ4n) is 3.63. The van der Waals surface area contributed by atoms with E-state index in [1.165, 1.54) is 0 Å². The monoisotopic (exact) mass is 390 g/mol. The average Bonchev–Trinajstić information content (AvgIpc) is 2.67. The molecule has 1 amide bonds. The molecular formula is C20H34N6O2. The molecule has 1 aromatic heterocycles. The molecular weight excluding hydrogens is 356 g/mol. The van der Waals surface area contributed by atoms with Crippen molar-refractivity contribution in [3.63, 3.8) is 0 Å². The van der Waals surface area contributed by atoms with Crippen molar-refractivity contribution in [1.82, 2.24) is 19.8 Å². The van der Waals surface area contributed by atoms with Gasteiger partial charge in [0.05, 0.1) is 0 Å². The van der Waals surface area contributed by atoms with Gasteiger partial charge in [0.25, 0.3) is 0 Å². The number of hydrogen-bond donors (Lipinski definition) is 1. The number of piperazine rings is 1. The van der Waals surface area contributed by atoms with E-state index in [-0.39, 0.29) is 6.09 Å². The molecule has 8 nitrogen and oxygen atoms in total. The van der Waals surface area contributed by atoms with Crippen molar-refractivity contribution in [1.29, 1.82) is 0 Å². The van der Waals surface area contributed by atoms with E-state index >= 15 is 0 Å². The molecule has 0 spiro atoms. The van der Waals surface area contributed by atoms with E-state index in [4.69, 9.17) is 4.74 Å². The first-order valence-corrected chi connectivity index (χ1v) is 10.4. The molecule has 0 aliphatic carbocycles. The van der Waals surface area contributed by atoms with E-state index < -0.39 is 5.60 Å². The highest BCUT2D eigenvalue weighted by Crippen LogP contribution is 2.20. The minimum Gasteiger partial charge on any atom is -0.444 e. The van der Waals surface area contributed by atoms with Crippen molar-refractivity contribution in [3.8, 4) is 0 Å². The number of carbonyl (C=O) groups excluding carboxylic acids is 1. The average molecular weight is 391 g/mol. The second-order valence-electron chi connectivity index (χ2n) is 8.57. The van der Waals surface area contributed by atoms with Gasteiger partial charge in [0.2, 0.25) is 0 Å². The van der Waals surface area contributed by atoms with E-state index in [9.17, 15) is 4.79 Å². The predicted octanol–water partition coefficient (Wildman–Crippen LogP) is 2.43. The van der Waals surface area contributed by atoms with Gasteiger partial charge in [0, 0.05) is 51.4 Å². The summed E-state index contributed by atoms with van der Waals surface area (Å²) in [6.07, 6.45) is 3.18. The lowest BCUT2D eigenvalue weighted by Gasteiger charge is -2.35. The quantitative estimate of drug-likeness (QED) is 0.846. The Balaban J connectivity index is 1.50. The smallest absolute Gasteiger partial charge is 0.410 e. The number of amides is 1. The van der Waals surface area contributed by atoms with Gasteiger partial charge in [-0.2, -0.15) is 0 Å². The Labute approximate surface area is 168 Å². The van der Waals surface area contributed by atoms with E-state index in [0.29, 0.717) is 19.1 Å². The molecule has 3 rings (SSSR count). The molecule has 0 atom stereocenters. The van der Waals surface area contributed by atoms with Crippen LogP contribution in [0.5, 0.6) is 0 Å². The van der Waals surface area contributed by atoms with Gasteiger partial charge in [-0.1, -0.05) is 6.92 Å². The SMILES string of the molecule is CCN1CCN(c2cc(NC3CCN(C(=O)OC(C)(C)C)CC3)ncn2)CC1. The molecule has 2 aliphatic heterocycles. The van der Waals surface area contributed by atoms with Crippen LogP contribution in [0.2, 0.25) is 0 Å². The molecule has 2 aliphatic rings. The van der Waals surface area contributed by atoms with Gasteiger partial charge in [-0.3, -0.25) is 0 Å². The Kier molecular flexibility index (Phi) is 6.59. The van der Waals surface area contributed by atoms with E-state index in [2.05, 4.69) is 32.0 Å². The van der Waals surface area contributed by atoms with Crippen molar-refractivity contribution < 1.29 is 9.53 Å². The molecule has 8 heteroatoms. The maximum absolute atomic E-state index is 12.2. The normalized spacial score (nSPS) is 19.6. The Morgan fingerprint density at radius 3 is 2.43 bits per heavy atom. The summed E-state index contributed by atoms with van der Waals surface area (Å²) in [6.45, 7) is 14.5. The number of hydrogen-bond acceptors (Lipinski definition) is 7. The Morgan fingerprint density at radius 1 is 1.14 bits per heavy atom. The third-order valence-electron chi connectivity index (χ3n) is 5.29. The van der Waals surface area contributed by atoms with Crippen LogP contribution in [-0.2, 0) is 4.74 Å². The van der Waals surface area contributed by atoms with Crippen LogP contribution in [0.1, 0.15) is 40.5 Å². The van der Waals surface area contributed by atoms with Crippen LogP contribution in [0.4, 0.5) is 16.4 Å². The molecule has 2 saturated heterocycles. The Hall–Kier alpha value is -2.09. The second-order valence-corrected chi connectivity index (χ2v) is 8.57. The first-order valence-electron chi connectivity index (χ1n) is 10.4. The van der Waals surface area contributed by atoms with Gasteiger partial charge in [-0.15, -0.1) is 0 Å². The lowest BCUT2D eigenvalue weighted by atomic mass is 10.1. The van der Waals surface area contributed by atoms with E-state index in [1.807, 2.05) is 26.8 Å². The summed E-state index contributed by atoms with van der Waals surface area (Å²) < 4.78 is 5.47. The fourth-order valence-corrected chi connectivity index (χ4v) is 3.63. The number of nitrogens with one attached hydrogen (secondary N) is 1. The molecule has 0 radical (unpaired) electrons. The summed E-state index contributed by atoms with van der Waals surface area (Å²) in [5.74, 6) is 1.85. The zero-order chi connectivity index (χ0) is 20.1. The van der Waals surface area contributed by atoms with Gasteiger partial charge >= 0.3 is 6.09 Å². The zero-order valence-electron chi connectivity index (χ0n) is 17.6. The number of likely N-dealkylation sites (N-methyl/N-ethyl adjacent to an activating group) is 1. The lowest BCUT2D eigenvalue weighted by molar-refractivity contribution is 0.0210. The van der Waals surface area contributed by atoms with Crippen molar-refractivity contribution in [2.45, 2.75) is 52.2 Å². The van der Waals surface area contributed by atoms with Crippen LogP contribution < -0.4 is 10.2 Å². The van der Waals surface area contributed by atoms with Crippen LogP contribution in [0.3, 0.4) is 0 Å². The summed E-state index contributed by atoms with van der Waals surface area (Å²) >= 11 is 0. The van der Waals surface area contributed by atoms with Gasteiger partial charge < -0.3 is 24.8 Å². The van der Waals surface area contributed by atoms with Crippen LogP contribution in [-0.4, -0.2) is 83.3 Å². The lowest BCUT2D eigenvalue weighted by Crippen LogP contribution is -2.46. The van der Waals surface area contributed by atoms with Crippen LogP contribution in [0, 0.1) is 0 Å². The molecule has 0 saturated carbocycles. The first-order chi connectivity index (χ1) is 13.3. The largest absolute Gasteiger partial charge is 0.444 e. The van der Waals surface area contributed by atoms with Gasteiger partial charge in [-0.05, 0) is 40.2 Å². The predicted molar refractivity (Wildman–Crippen MR) is 111 cm³/mol. The number of nitrogens with zero attached hydrogens (tertiary/aromatic N) is 5. The number of rotatable bonds is 4.